The first kappa shape index (κ1) is 27.0. The Morgan fingerprint density at radius 2 is 2.00 bits per heavy atom. The fourth-order valence-corrected chi connectivity index (χ4v) is 6.39. The molecule has 0 saturated carbocycles. The van der Waals surface area contributed by atoms with Crippen molar-refractivity contribution in [3.8, 4) is 11.5 Å². The van der Waals surface area contributed by atoms with Crippen LogP contribution in [0.2, 0.25) is 0 Å². The summed E-state index contributed by atoms with van der Waals surface area (Å²) in [5.41, 5.74) is 2.39. The molecule has 0 bridgehead atoms. The van der Waals surface area contributed by atoms with Gasteiger partial charge in [-0.3, -0.25) is 14.5 Å². The Morgan fingerprint density at radius 1 is 1.15 bits per heavy atom. The SMILES string of the molecule is CCCCCOc1cccc([C@@H]2/C(=C(\O)c3ccc4c(c3)C[C@H](C)O4)C(=O)C(=O)N2c2nc3ccc(F)cc3s2)c1. The number of halogens is 1. The van der Waals surface area contributed by atoms with Gasteiger partial charge in [-0.05, 0) is 73.0 Å². The summed E-state index contributed by atoms with van der Waals surface area (Å²) in [6, 6.07) is 15.7. The van der Waals surface area contributed by atoms with Crippen LogP contribution in [0.15, 0.2) is 66.2 Å². The highest BCUT2D eigenvalue weighted by atomic mass is 32.1. The number of fused-ring (bicyclic) bond motifs is 2. The van der Waals surface area contributed by atoms with Crippen LogP contribution in [0, 0.1) is 5.82 Å². The number of unbranched alkanes of at least 4 members (excludes halogenated alkanes) is 2. The van der Waals surface area contributed by atoms with Crippen molar-refractivity contribution in [3.63, 3.8) is 0 Å². The van der Waals surface area contributed by atoms with E-state index in [1.165, 1.54) is 23.1 Å². The van der Waals surface area contributed by atoms with Crippen molar-refractivity contribution in [2.24, 2.45) is 0 Å². The molecule has 210 valence electrons. The van der Waals surface area contributed by atoms with Gasteiger partial charge >= 0.3 is 5.91 Å². The number of hydrogen-bond acceptors (Lipinski definition) is 7. The maximum absolute atomic E-state index is 14.0. The molecule has 1 saturated heterocycles. The molecule has 1 N–H and O–H groups in total. The maximum Gasteiger partial charge on any atom is 0.301 e. The molecule has 41 heavy (non-hydrogen) atoms. The zero-order valence-corrected chi connectivity index (χ0v) is 23.5. The number of carbonyl (C=O) groups excluding carboxylic acids is 2. The van der Waals surface area contributed by atoms with E-state index in [2.05, 4.69) is 11.9 Å². The zero-order valence-electron chi connectivity index (χ0n) is 22.7. The van der Waals surface area contributed by atoms with Gasteiger partial charge in [0.1, 0.15) is 29.2 Å². The fraction of sp³-hybridized carbons (Fsp3) is 0.281. The third-order valence-electron chi connectivity index (χ3n) is 7.35. The second-order valence-corrected chi connectivity index (χ2v) is 11.4. The summed E-state index contributed by atoms with van der Waals surface area (Å²) in [6.45, 7) is 4.62. The first-order valence-corrected chi connectivity index (χ1v) is 14.6. The number of hydrogen-bond donors (Lipinski definition) is 1. The van der Waals surface area contributed by atoms with Crippen LogP contribution < -0.4 is 14.4 Å². The van der Waals surface area contributed by atoms with Gasteiger partial charge in [-0.25, -0.2) is 9.37 Å². The van der Waals surface area contributed by atoms with Crippen LogP contribution >= 0.6 is 11.3 Å². The maximum atomic E-state index is 14.0. The van der Waals surface area contributed by atoms with Crippen LogP contribution in [0.25, 0.3) is 16.0 Å². The van der Waals surface area contributed by atoms with E-state index in [0.717, 1.165) is 41.9 Å². The quantitative estimate of drug-likeness (QED) is 0.106. The number of amides is 1. The molecular formula is C32H29FN2O5S. The Hall–Kier alpha value is -4.24. The Labute approximate surface area is 240 Å². The average Bonchev–Trinajstić information content (AvgIpc) is 3.62. The molecule has 1 fully saturated rings. The van der Waals surface area contributed by atoms with Crippen LogP contribution in [0.3, 0.4) is 0 Å². The van der Waals surface area contributed by atoms with Crippen molar-refractivity contribution >= 4 is 44.1 Å². The van der Waals surface area contributed by atoms with Gasteiger partial charge in [0.05, 0.1) is 28.4 Å². The highest BCUT2D eigenvalue weighted by Crippen LogP contribution is 2.45. The van der Waals surface area contributed by atoms with E-state index in [0.29, 0.717) is 40.1 Å². The number of aliphatic hydroxyl groups is 1. The van der Waals surface area contributed by atoms with Gasteiger partial charge < -0.3 is 14.6 Å². The zero-order chi connectivity index (χ0) is 28.7. The first-order chi connectivity index (χ1) is 19.8. The minimum Gasteiger partial charge on any atom is -0.507 e. The largest absolute Gasteiger partial charge is 0.507 e. The van der Waals surface area contributed by atoms with E-state index in [1.54, 1.807) is 36.4 Å². The van der Waals surface area contributed by atoms with Crippen molar-refractivity contribution in [1.29, 1.82) is 0 Å². The third-order valence-corrected chi connectivity index (χ3v) is 8.37. The molecule has 4 aromatic rings. The summed E-state index contributed by atoms with van der Waals surface area (Å²) in [7, 11) is 0. The number of Topliss-reactive ketones (excluding diaryl/α,β-unsaturated/α-hetero) is 1. The van der Waals surface area contributed by atoms with E-state index in [4.69, 9.17) is 9.47 Å². The monoisotopic (exact) mass is 572 g/mol. The number of ketones is 1. The highest BCUT2D eigenvalue weighted by Gasteiger charge is 2.48. The van der Waals surface area contributed by atoms with E-state index >= 15 is 0 Å². The van der Waals surface area contributed by atoms with Gasteiger partial charge in [0.25, 0.3) is 5.78 Å². The predicted octanol–water partition coefficient (Wildman–Crippen LogP) is 6.95. The van der Waals surface area contributed by atoms with Crippen LogP contribution in [-0.2, 0) is 16.0 Å². The molecule has 7 nitrogen and oxygen atoms in total. The summed E-state index contributed by atoms with van der Waals surface area (Å²) in [4.78, 5) is 33.1. The molecule has 9 heteroatoms. The van der Waals surface area contributed by atoms with Gasteiger partial charge in [-0.2, -0.15) is 0 Å². The first-order valence-electron chi connectivity index (χ1n) is 13.7. The van der Waals surface area contributed by atoms with Crippen molar-refractivity contribution in [2.75, 3.05) is 11.5 Å². The van der Waals surface area contributed by atoms with Crippen molar-refractivity contribution in [3.05, 3.63) is 88.7 Å². The molecular weight excluding hydrogens is 543 g/mol. The predicted molar refractivity (Wildman–Crippen MR) is 156 cm³/mol. The molecule has 2 atom stereocenters. The second-order valence-electron chi connectivity index (χ2n) is 10.4. The van der Waals surface area contributed by atoms with Crippen LogP contribution in [0.1, 0.15) is 55.8 Å². The van der Waals surface area contributed by atoms with Gasteiger partial charge in [0.2, 0.25) is 0 Å². The number of nitrogens with zero attached hydrogens (tertiary/aromatic N) is 2. The molecule has 0 radical (unpaired) electrons. The summed E-state index contributed by atoms with van der Waals surface area (Å²) in [5.74, 6) is -1.01. The van der Waals surface area contributed by atoms with E-state index in [9.17, 15) is 19.1 Å². The van der Waals surface area contributed by atoms with E-state index in [1.807, 2.05) is 13.0 Å². The summed E-state index contributed by atoms with van der Waals surface area (Å²) >= 11 is 1.11. The van der Waals surface area contributed by atoms with E-state index in [-0.39, 0.29) is 22.6 Å². The number of aromatic nitrogens is 1. The smallest absolute Gasteiger partial charge is 0.301 e. The number of ether oxygens (including phenoxy) is 2. The van der Waals surface area contributed by atoms with E-state index < -0.39 is 23.5 Å². The van der Waals surface area contributed by atoms with Crippen molar-refractivity contribution in [1.82, 2.24) is 4.98 Å². The minimum atomic E-state index is -0.969. The standard InChI is InChI=1S/C32H29FN2O5S/c1-3-4-5-13-39-23-8-6-7-19(16-23)28-27(29(36)20-9-12-25-21(15-20)14-18(2)40-25)30(37)31(38)35(28)32-34-24-11-10-22(33)17-26(24)41-32/h6-12,15-18,28,36H,3-5,13-14H2,1-2H3/b29-27+/t18-,28+/m0/s1. The molecule has 0 spiro atoms. The molecule has 6 rings (SSSR count). The second kappa shape index (κ2) is 11.0. The lowest BCUT2D eigenvalue weighted by Crippen LogP contribution is -2.29. The summed E-state index contributed by atoms with van der Waals surface area (Å²) in [6.07, 6.45) is 3.70. The lowest BCUT2D eigenvalue weighted by molar-refractivity contribution is -0.132. The van der Waals surface area contributed by atoms with Gasteiger partial charge in [0.15, 0.2) is 5.13 Å². The lowest BCUT2D eigenvalue weighted by atomic mass is 9.94. The number of carbonyl (C=O) groups is 2. The molecule has 3 heterocycles. The van der Waals surface area contributed by atoms with Gasteiger partial charge in [-0.1, -0.05) is 43.2 Å². The molecule has 0 unspecified atom stereocenters. The van der Waals surface area contributed by atoms with Crippen LogP contribution in [-0.4, -0.2) is 34.5 Å². The third kappa shape index (κ3) is 5.06. The van der Waals surface area contributed by atoms with Crippen molar-refractivity contribution < 1.29 is 28.6 Å². The number of thiazole rings is 1. The lowest BCUT2D eigenvalue weighted by Gasteiger charge is -2.23. The summed E-state index contributed by atoms with van der Waals surface area (Å²) in [5, 5.41) is 11.8. The molecule has 3 aromatic carbocycles. The van der Waals surface area contributed by atoms with Gasteiger partial charge in [0, 0.05) is 12.0 Å². The molecule has 1 aromatic heterocycles. The van der Waals surface area contributed by atoms with Crippen LogP contribution in [0.5, 0.6) is 11.5 Å². The Balaban J connectivity index is 1.47. The molecule has 2 aliphatic heterocycles. The van der Waals surface area contributed by atoms with Crippen molar-refractivity contribution in [2.45, 2.75) is 51.7 Å². The number of rotatable bonds is 8. The number of aliphatic hydroxyl groups excluding tert-OH is 1. The topological polar surface area (TPSA) is 89.0 Å². The molecule has 2 aliphatic rings. The molecule has 0 aliphatic carbocycles. The fourth-order valence-electron chi connectivity index (χ4n) is 5.38. The van der Waals surface area contributed by atoms with Gasteiger partial charge in [-0.15, -0.1) is 0 Å². The Bertz CT molecular complexity index is 1700. The Kier molecular flexibility index (Phi) is 7.21. The Morgan fingerprint density at radius 3 is 2.83 bits per heavy atom. The van der Waals surface area contributed by atoms with Crippen LogP contribution in [0.4, 0.5) is 9.52 Å². The highest BCUT2D eigenvalue weighted by molar-refractivity contribution is 7.22. The summed E-state index contributed by atoms with van der Waals surface area (Å²) < 4.78 is 26.3. The minimum absolute atomic E-state index is 0.0110. The average molecular weight is 573 g/mol. The number of anilines is 1. The normalized spacial score (nSPS) is 19.5. The number of benzene rings is 3. The molecule has 1 amide bonds.